The highest BCUT2D eigenvalue weighted by atomic mass is 35.5. The monoisotopic (exact) mass is 169 g/mol. The van der Waals surface area contributed by atoms with Crippen LogP contribution in [0.1, 0.15) is 11.3 Å². The van der Waals surface area contributed by atoms with Crippen LogP contribution in [0.4, 0.5) is 5.95 Å². The molecule has 0 bridgehead atoms. The molecular formula is C7H8ClN3. The van der Waals surface area contributed by atoms with Crippen LogP contribution in [0.2, 0.25) is 5.15 Å². The predicted molar refractivity (Wildman–Crippen MR) is 46.3 cm³/mol. The summed E-state index contributed by atoms with van der Waals surface area (Å²) < 4.78 is 0. The molecule has 4 heteroatoms. The molecule has 0 amide bonds. The summed E-state index contributed by atoms with van der Waals surface area (Å²) in [6.07, 6.45) is 1.61. The van der Waals surface area contributed by atoms with Crippen molar-refractivity contribution in [1.29, 1.82) is 0 Å². The fraction of sp³-hybridized carbons (Fsp3) is 0.143. The Bertz CT molecular complexity index is 273. The Morgan fingerprint density at radius 2 is 2.18 bits per heavy atom. The van der Waals surface area contributed by atoms with Crippen molar-refractivity contribution in [3.63, 3.8) is 0 Å². The standard InChI is InChI=1S/C7H8ClN3/c1-3-5-4(2)10-7(9)11-6(5)8/h3H,1H2,2H3,(H2,9,10,11). The molecule has 1 heterocycles. The minimum atomic E-state index is 0.193. The fourth-order valence-electron chi connectivity index (χ4n) is 0.799. The molecule has 0 aliphatic rings. The number of hydrogen-bond donors (Lipinski definition) is 1. The molecule has 0 spiro atoms. The van der Waals surface area contributed by atoms with Gasteiger partial charge in [0.05, 0.1) is 5.69 Å². The zero-order valence-corrected chi connectivity index (χ0v) is 6.89. The van der Waals surface area contributed by atoms with E-state index in [9.17, 15) is 0 Å². The summed E-state index contributed by atoms with van der Waals surface area (Å²) in [5, 5.41) is 0.352. The third-order valence-corrected chi connectivity index (χ3v) is 1.60. The molecule has 11 heavy (non-hydrogen) atoms. The SMILES string of the molecule is C=Cc1c(C)nc(N)nc1Cl. The number of halogens is 1. The second-order valence-electron chi connectivity index (χ2n) is 2.08. The summed E-state index contributed by atoms with van der Waals surface area (Å²) in [5.74, 6) is 0.193. The first kappa shape index (κ1) is 8.01. The van der Waals surface area contributed by atoms with Gasteiger partial charge in [0.25, 0.3) is 0 Å². The molecule has 58 valence electrons. The van der Waals surface area contributed by atoms with Crippen LogP contribution in [0, 0.1) is 6.92 Å². The van der Waals surface area contributed by atoms with Crippen molar-refractivity contribution >= 4 is 23.6 Å². The molecule has 1 rings (SSSR count). The fourth-order valence-corrected chi connectivity index (χ4v) is 1.10. The van der Waals surface area contributed by atoms with E-state index in [0.29, 0.717) is 5.15 Å². The van der Waals surface area contributed by atoms with Gasteiger partial charge in [-0.05, 0) is 6.92 Å². The summed E-state index contributed by atoms with van der Waals surface area (Å²) in [6, 6.07) is 0. The van der Waals surface area contributed by atoms with E-state index >= 15 is 0 Å². The van der Waals surface area contributed by atoms with Crippen molar-refractivity contribution in [2.45, 2.75) is 6.92 Å². The van der Waals surface area contributed by atoms with E-state index in [1.807, 2.05) is 0 Å². The smallest absolute Gasteiger partial charge is 0.221 e. The molecule has 0 fully saturated rings. The topological polar surface area (TPSA) is 51.8 Å². The van der Waals surface area contributed by atoms with E-state index in [1.54, 1.807) is 13.0 Å². The van der Waals surface area contributed by atoms with Crippen molar-refractivity contribution in [1.82, 2.24) is 9.97 Å². The Labute approximate surface area is 69.9 Å². The van der Waals surface area contributed by atoms with Crippen LogP contribution in [0.5, 0.6) is 0 Å². The largest absolute Gasteiger partial charge is 0.368 e. The summed E-state index contributed by atoms with van der Waals surface area (Å²) in [4.78, 5) is 7.68. The van der Waals surface area contributed by atoms with Crippen LogP contribution in [-0.4, -0.2) is 9.97 Å². The van der Waals surface area contributed by atoms with Gasteiger partial charge in [-0.1, -0.05) is 24.3 Å². The zero-order chi connectivity index (χ0) is 8.43. The first-order valence-corrected chi connectivity index (χ1v) is 3.45. The van der Waals surface area contributed by atoms with Gasteiger partial charge in [-0.25, -0.2) is 9.97 Å². The molecule has 0 aliphatic carbocycles. The highest BCUT2D eigenvalue weighted by Gasteiger charge is 2.03. The van der Waals surface area contributed by atoms with Crippen LogP contribution < -0.4 is 5.73 Å². The molecular weight excluding hydrogens is 162 g/mol. The van der Waals surface area contributed by atoms with Crippen LogP contribution in [0.3, 0.4) is 0 Å². The number of nitrogens with zero attached hydrogens (tertiary/aromatic N) is 2. The molecule has 0 aliphatic heterocycles. The van der Waals surface area contributed by atoms with Crippen molar-refractivity contribution in [3.8, 4) is 0 Å². The van der Waals surface area contributed by atoms with Gasteiger partial charge < -0.3 is 5.73 Å². The number of nitrogen functional groups attached to an aromatic ring is 1. The zero-order valence-electron chi connectivity index (χ0n) is 6.13. The molecule has 3 nitrogen and oxygen atoms in total. The maximum absolute atomic E-state index is 5.73. The van der Waals surface area contributed by atoms with Crippen molar-refractivity contribution in [3.05, 3.63) is 23.0 Å². The van der Waals surface area contributed by atoms with E-state index < -0.39 is 0 Å². The lowest BCUT2D eigenvalue weighted by Crippen LogP contribution is -1.99. The highest BCUT2D eigenvalue weighted by Crippen LogP contribution is 2.17. The molecule has 0 saturated heterocycles. The quantitative estimate of drug-likeness (QED) is 0.651. The first-order chi connectivity index (χ1) is 5.15. The molecule has 0 radical (unpaired) electrons. The van der Waals surface area contributed by atoms with Gasteiger partial charge in [-0.2, -0.15) is 0 Å². The average molecular weight is 170 g/mol. The van der Waals surface area contributed by atoms with Gasteiger partial charge in [0.15, 0.2) is 0 Å². The Kier molecular flexibility index (Phi) is 2.10. The minimum Gasteiger partial charge on any atom is -0.368 e. The van der Waals surface area contributed by atoms with Crippen molar-refractivity contribution in [2.75, 3.05) is 5.73 Å². The molecule has 1 aromatic heterocycles. The van der Waals surface area contributed by atoms with Crippen LogP contribution in [-0.2, 0) is 0 Å². The maximum atomic E-state index is 5.73. The molecule has 0 saturated carbocycles. The summed E-state index contributed by atoms with van der Waals surface area (Å²) in [5.41, 5.74) is 6.83. The molecule has 0 aromatic carbocycles. The number of aryl methyl sites for hydroxylation is 1. The van der Waals surface area contributed by atoms with Gasteiger partial charge in [0, 0.05) is 5.56 Å². The summed E-state index contributed by atoms with van der Waals surface area (Å²) in [7, 11) is 0. The second-order valence-corrected chi connectivity index (χ2v) is 2.43. The third kappa shape index (κ3) is 1.49. The van der Waals surface area contributed by atoms with E-state index in [0.717, 1.165) is 11.3 Å². The van der Waals surface area contributed by atoms with Gasteiger partial charge >= 0.3 is 0 Å². The number of aromatic nitrogens is 2. The minimum absolute atomic E-state index is 0.193. The van der Waals surface area contributed by atoms with E-state index in [2.05, 4.69) is 16.5 Å². The van der Waals surface area contributed by atoms with Crippen LogP contribution in [0.15, 0.2) is 6.58 Å². The lowest BCUT2D eigenvalue weighted by molar-refractivity contribution is 1.11. The van der Waals surface area contributed by atoms with E-state index in [1.165, 1.54) is 0 Å². The van der Waals surface area contributed by atoms with E-state index in [-0.39, 0.29) is 5.95 Å². The number of hydrogen-bond acceptors (Lipinski definition) is 3. The van der Waals surface area contributed by atoms with Gasteiger partial charge in [-0.3, -0.25) is 0 Å². The Morgan fingerprint density at radius 1 is 1.55 bits per heavy atom. The lowest BCUT2D eigenvalue weighted by Gasteiger charge is -2.01. The number of nitrogens with two attached hydrogens (primary N) is 1. The van der Waals surface area contributed by atoms with Crippen molar-refractivity contribution < 1.29 is 0 Å². The Morgan fingerprint density at radius 3 is 2.64 bits per heavy atom. The van der Waals surface area contributed by atoms with Gasteiger partial charge in [0.2, 0.25) is 5.95 Å². The van der Waals surface area contributed by atoms with Crippen LogP contribution in [0.25, 0.3) is 6.08 Å². The first-order valence-electron chi connectivity index (χ1n) is 3.07. The lowest BCUT2D eigenvalue weighted by atomic mass is 10.2. The second kappa shape index (κ2) is 2.88. The Hall–Kier alpha value is -1.09. The highest BCUT2D eigenvalue weighted by molar-refractivity contribution is 6.31. The Balaban J connectivity index is 3.36. The van der Waals surface area contributed by atoms with Crippen molar-refractivity contribution in [2.24, 2.45) is 0 Å². The predicted octanol–water partition coefficient (Wildman–Crippen LogP) is 1.66. The third-order valence-electron chi connectivity index (χ3n) is 1.31. The van der Waals surface area contributed by atoms with E-state index in [4.69, 9.17) is 17.3 Å². The summed E-state index contributed by atoms with van der Waals surface area (Å²) in [6.45, 7) is 5.38. The van der Waals surface area contributed by atoms with Crippen LogP contribution >= 0.6 is 11.6 Å². The molecule has 2 N–H and O–H groups in total. The molecule has 0 atom stereocenters. The molecule has 0 unspecified atom stereocenters. The molecule has 1 aromatic rings. The maximum Gasteiger partial charge on any atom is 0.221 e. The number of rotatable bonds is 1. The number of anilines is 1. The average Bonchev–Trinajstić information content (AvgIpc) is 1.85. The van der Waals surface area contributed by atoms with Gasteiger partial charge in [-0.15, -0.1) is 0 Å². The summed E-state index contributed by atoms with van der Waals surface area (Å²) >= 11 is 5.73. The normalized spacial score (nSPS) is 9.64. The van der Waals surface area contributed by atoms with Gasteiger partial charge in [0.1, 0.15) is 5.15 Å².